The van der Waals surface area contributed by atoms with E-state index in [1.54, 1.807) is 22.9 Å². The number of allylic oxidation sites excluding steroid dienone is 1. The van der Waals surface area contributed by atoms with E-state index in [-0.39, 0.29) is 5.91 Å². The van der Waals surface area contributed by atoms with Crippen LogP contribution in [0.25, 0.3) is 17.3 Å². The lowest BCUT2D eigenvalue weighted by molar-refractivity contribution is 0.0124. The van der Waals surface area contributed by atoms with Crippen molar-refractivity contribution in [2.24, 2.45) is 0 Å². The average Bonchev–Trinajstić information content (AvgIpc) is 3.11. The molecule has 0 aliphatic carbocycles. The Kier molecular flexibility index (Phi) is 7.41. The summed E-state index contributed by atoms with van der Waals surface area (Å²) in [5.74, 6) is -0.282. The van der Waals surface area contributed by atoms with E-state index < -0.39 is 0 Å². The molecular formula is C24H23Cl3N4O2. The summed E-state index contributed by atoms with van der Waals surface area (Å²) < 4.78 is 7.05. The van der Waals surface area contributed by atoms with Crippen LogP contribution in [-0.4, -0.2) is 47.0 Å². The number of amides is 1. The van der Waals surface area contributed by atoms with Crippen LogP contribution in [0.3, 0.4) is 0 Å². The lowest BCUT2D eigenvalue weighted by Gasteiger charge is -2.26. The van der Waals surface area contributed by atoms with Gasteiger partial charge in [0.05, 0.1) is 29.6 Å². The third-order valence-corrected chi connectivity index (χ3v) is 6.12. The summed E-state index contributed by atoms with van der Waals surface area (Å²) in [7, 11) is 0. The number of nitrogens with zero attached hydrogens (tertiary/aromatic N) is 3. The quantitative estimate of drug-likeness (QED) is 0.485. The number of hydrogen-bond donors (Lipinski definition) is 1. The number of rotatable bonds is 5. The highest BCUT2D eigenvalue weighted by atomic mass is 35.5. The summed E-state index contributed by atoms with van der Waals surface area (Å²) in [6.45, 7) is 6.23. The Morgan fingerprint density at radius 1 is 1.09 bits per heavy atom. The molecule has 0 spiro atoms. The zero-order chi connectivity index (χ0) is 23.5. The first-order valence-electron chi connectivity index (χ1n) is 10.5. The van der Waals surface area contributed by atoms with Crippen molar-refractivity contribution in [3.63, 3.8) is 0 Å². The highest BCUT2D eigenvalue weighted by molar-refractivity contribution is 6.35. The van der Waals surface area contributed by atoms with E-state index in [1.807, 2.05) is 49.2 Å². The van der Waals surface area contributed by atoms with Gasteiger partial charge in [-0.2, -0.15) is 5.10 Å². The third kappa shape index (κ3) is 5.42. The summed E-state index contributed by atoms with van der Waals surface area (Å²) in [6.07, 6.45) is 2.00. The smallest absolute Gasteiger partial charge is 0.286 e. The minimum absolute atomic E-state index is 0.282. The molecule has 0 atom stereocenters. The van der Waals surface area contributed by atoms with Crippen molar-refractivity contribution in [3.05, 3.63) is 80.0 Å². The molecule has 0 saturated carbocycles. The van der Waals surface area contributed by atoms with Gasteiger partial charge in [0.1, 0.15) is 0 Å². The lowest BCUT2D eigenvalue weighted by Crippen LogP contribution is -2.48. The molecule has 1 fully saturated rings. The van der Waals surface area contributed by atoms with Gasteiger partial charge in [0, 0.05) is 28.7 Å². The molecule has 2 aromatic carbocycles. The van der Waals surface area contributed by atoms with Crippen molar-refractivity contribution in [1.29, 1.82) is 0 Å². The van der Waals surface area contributed by atoms with E-state index in [0.717, 1.165) is 22.4 Å². The van der Waals surface area contributed by atoms with Gasteiger partial charge in [-0.15, -0.1) is 0 Å². The predicted molar refractivity (Wildman–Crippen MR) is 133 cm³/mol. The second-order valence-corrected chi connectivity index (χ2v) is 9.03. The fourth-order valence-corrected chi connectivity index (χ4v) is 4.48. The second-order valence-electron chi connectivity index (χ2n) is 7.75. The molecule has 2 heterocycles. The van der Waals surface area contributed by atoms with Crippen molar-refractivity contribution in [3.8, 4) is 5.69 Å². The van der Waals surface area contributed by atoms with Gasteiger partial charge >= 0.3 is 0 Å². The first kappa shape index (κ1) is 23.8. The summed E-state index contributed by atoms with van der Waals surface area (Å²) in [5.41, 5.74) is 7.23. The molecule has 1 saturated heterocycles. The van der Waals surface area contributed by atoms with E-state index in [1.165, 1.54) is 0 Å². The Morgan fingerprint density at radius 2 is 1.82 bits per heavy atom. The Balaban J connectivity index is 1.80. The number of hydrazine groups is 1. The topological polar surface area (TPSA) is 59.4 Å². The van der Waals surface area contributed by atoms with E-state index in [2.05, 4.69) is 10.5 Å². The van der Waals surface area contributed by atoms with Gasteiger partial charge in [0.15, 0.2) is 5.69 Å². The van der Waals surface area contributed by atoms with Crippen LogP contribution in [0.4, 0.5) is 0 Å². The highest BCUT2D eigenvalue weighted by Gasteiger charge is 2.24. The predicted octanol–water partition coefficient (Wildman–Crippen LogP) is 5.68. The number of benzene rings is 2. The summed E-state index contributed by atoms with van der Waals surface area (Å²) in [5, 5.41) is 8.11. The van der Waals surface area contributed by atoms with Crippen LogP contribution in [-0.2, 0) is 4.74 Å². The van der Waals surface area contributed by atoms with Crippen LogP contribution in [0.5, 0.6) is 0 Å². The molecule has 172 valence electrons. The maximum Gasteiger partial charge on any atom is 0.286 e. The molecule has 4 rings (SSSR count). The van der Waals surface area contributed by atoms with E-state index in [0.29, 0.717) is 52.8 Å². The van der Waals surface area contributed by atoms with Crippen LogP contribution < -0.4 is 5.43 Å². The van der Waals surface area contributed by atoms with Gasteiger partial charge in [-0.25, -0.2) is 9.69 Å². The molecule has 0 unspecified atom stereocenters. The minimum Gasteiger partial charge on any atom is -0.379 e. The first-order chi connectivity index (χ1) is 15.8. The highest BCUT2D eigenvalue weighted by Crippen LogP contribution is 2.31. The Hall–Kier alpha value is -2.35. The van der Waals surface area contributed by atoms with Crippen LogP contribution >= 0.6 is 34.8 Å². The van der Waals surface area contributed by atoms with E-state index >= 15 is 0 Å². The minimum atomic E-state index is -0.282. The maximum atomic E-state index is 13.1. The van der Waals surface area contributed by atoms with Crippen molar-refractivity contribution in [2.75, 3.05) is 26.3 Å². The number of nitrogens with one attached hydrogen (secondary N) is 1. The summed E-state index contributed by atoms with van der Waals surface area (Å²) in [6, 6.07) is 12.7. The fraction of sp³-hybridized carbons (Fsp3) is 0.250. The molecule has 9 heteroatoms. The van der Waals surface area contributed by atoms with Crippen molar-refractivity contribution in [1.82, 2.24) is 20.2 Å². The molecular weight excluding hydrogens is 483 g/mol. The number of ether oxygens (including phenoxy) is 1. The summed E-state index contributed by atoms with van der Waals surface area (Å²) >= 11 is 18.8. The molecule has 3 aromatic rings. The second kappa shape index (κ2) is 10.3. The number of halogens is 3. The standard InChI is InChI=1S/C24H23Cl3N4O2/c1-15(12-17-4-3-5-18(25)13-17)23-16(2)22(24(32)29-30-8-10-33-11-9-30)28-31(23)21-7-6-19(26)14-20(21)27/h3-7,12-14H,8-11H2,1-2H3,(H,29,32)/b15-12+. The fourth-order valence-electron chi connectivity index (χ4n) is 3.79. The number of aromatic nitrogens is 2. The van der Waals surface area contributed by atoms with E-state index in [9.17, 15) is 4.79 Å². The van der Waals surface area contributed by atoms with Crippen LogP contribution in [0.2, 0.25) is 15.1 Å². The maximum absolute atomic E-state index is 13.1. The molecule has 0 radical (unpaired) electrons. The molecule has 6 nitrogen and oxygen atoms in total. The molecule has 1 amide bonds. The van der Waals surface area contributed by atoms with Crippen molar-refractivity contribution in [2.45, 2.75) is 13.8 Å². The molecule has 1 aliphatic heterocycles. The molecule has 1 aromatic heterocycles. The largest absolute Gasteiger partial charge is 0.379 e. The first-order valence-corrected chi connectivity index (χ1v) is 11.6. The van der Waals surface area contributed by atoms with Crippen LogP contribution in [0.1, 0.15) is 34.2 Å². The third-order valence-electron chi connectivity index (χ3n) is 5.35. The zero-order valence-electron chi connectivity index (χ0n) is 18.2. The SMILES string of the molecule is C/C(=C\c1cccc(Cl)c1)c1c(C)c(C(=O)NN2CCOCC2)nn1-c1ccc(Cl)cc1Cl. The Labute approximate surface area is 207 Å². The van der Waals surface area contributed by atoms with E-state index in [4.69, 9.17) is 39.5 Å². The molecule has 33 heavy (non-hydrogen) atoms. The number of morpholine rings is 1. The van der Waals surface area contributed by atoms with Gasteiger partial charge in [0.2, 0.25) is 0 Å². The van der Waals surface area contributed by atoms with Gasteiger partial charge in [-0.1, -0.05) is 46.9 Å². The number of carbonyl (C=O) groups excluding carboxylic acids is 1. The van der Waals surface area contributed by atoms with Crippen LogP contribution in [0, 0.1) is 6.92 Å². The van der Waals surface area contributed by atoms with Gasteiger partial charge < -0.3 is 4.74 Å². The monoisotopic (exact) mass is 504 g/mol. The van der Waals surface area contributed by atoms with Gasteiger partial charge in [0.25, 0.3) is 5.91 Å². The van der Waals surface area contributed by atoms with Gasteiger partial charge in [-0.3, -0.25) is 10.2 Å². The summed E-state index contributed by atoms with van der Waals surface area (Å²) in [4.78, 5) is 13.1. The van der Waals surface area contributed by atoms with Crippen LogP contribution in [0.15, 0.2) is 42.5 Å². The average molecular weight is 506 g/mol. The zero-order valence-corrected chi connectivity index (χ0v) is 20.5. The molecule has 1 aliphatic rings. The van der Waals surface area contributed by atoms with Crippen molar-refractivity contribution < 1.29 is 9.53 Å². The number of hydrogen-bond acceptors (Lipinski definition) is 4. The molecule has 1 N–H and O–H groups in total. The Bertz CT molecular complexity index is 1220. The van der Waals surface area contributed by atoms with Crippen molar-refractivity contribution >= 4 is 52.4 Å². The normalized spacial score (nSPS) is 15.0. The Morgan fingerprint density at radius 3 is 2.52 bits per heavy atom. The number of carbonyl (C=O) groups is 1. The molecule has 0 bridgehead atoms. The lowest BCUT2D eigenvalue weighted by atomic mass is 10.0. The van der Waals surface area contributed by atoms with Gasteiger partial charge in [-0.05, 0) is 61.4 Å².